The van der Waals surface area contributed by atoms with Crippen molar-refractivity contribution in [3.8, 4) is 5.75 Å². The number of hydrogen-bond donors (Lipinski definition) is 2. The molecule has 8 nitrogen and oxygen atoms in total. The molecule has 1 saturated heterocycles. The summed E-state index contributed by atoms with van der Waals surface area (Å²) in [7, 11) is -1.61. The molecule has 1 aliphatic heterocycles. The van der Waals surface area contributed by atoms with Crippen LogP contribution in [-0.4, -0.2) is 77.6 Å². The van der Waals surface area contributed by atoms with Crippen molar-refractivity contribution in [2.75, 3.05) is 52.2 Å². The minimum atomic E-state index is -3.42. The van der Waals surface area contributed by atoms with Gasteiger partial charge in [0.05, 0.1) is 24.9 Å². The predicted octanol–water partition coefficient (Wildman–Crippen LogP) is 2.21. The third-order valence-electron chi connectivity index (χ3n) is 4.64. The van der Waals surface area contributed by atoms with Crippen molar-refractivity contribution >= 4 is 40.0 Å². The number of likely N-dealkylation sites (N-methyl/N-ethyl adjacent to an activating group) is 1. The molecule has 178 valence electrons. The van der Waals surface area contributed by atoms with Crippen molar-refractivity contribution in [2.45, 2.75) is 32.3 Å². The molecule has 0 bridgehead atoms. The molecule has 1 aliphatic rings. The van der Waals surface area contributed by atoms with Gasteiger partial charge < -0.3 is 19.7 Å². The van der Waals surface area contributed by atoms with Gasteiger partial charge in [-0.25, -0.2) is 17.5 Å². The first-order valence-corrected chi connectivity index (χ1v) is 12.0. The Morgan fingerprint density at radius 2 is 2.13 bits per heavy atom. The molecule has 2 N–H and O–H groups in total. The van der Waals surface area contributed by atoms with Crippen molar-refractivity contribution in [2.24, 2.45) is 4.99 Å². The maximum atomic E-state index is 13.6. The largest absolute Gasteiger partial charge is 0.489 e. The Morgan fingerprint density at radius 1 is 1.35 bits per heavy atom. The van der Waals surface area contributed by atoms with Crippen LogP contribution in [0.3, 0.4) is 0 Å². The summed E-state index contributed by atoms with van der Waals surface area (Å²) in [5, 5.41) is 3.12. The summed E-state index contributed by atoms with van der Waals surface area (Å²) >= 11 is 0. The van der Waals surface area contributed by atoms with E-state index < -0.39 is 15.8 Å². The standard InChI is InChI=1S/C20H33FN4O4S.HI/c1-3-22-20(25(2)12-14-29-19-10-5-4-9-18(19)21)23-11-15-30(26,27)24-16-17-8-6-7-13-28-17;/h4-5,9-10,17,24H,3,6-8,11-16H2,1-2H3,(H,22,23);1H. The number of aliphatic imine (C=N–C) groups is 1. The van der Waals surface area contributed by atoms with E-state index in [1.807, 2.05) is 18.9 Å². The van der Waals surface area contributed by atoms with Crippen LogP contribution in [0.2, 0.25) is 0 Å². The molecule has 2 rings (SSSR count). The number of nitrogens with one attached hydrogen (secondary N) is 2. The minimum Gasteiger partial charge on any atom is -0.489 e. The molecule has 0 spiro atoms. The first kappa shape index (κ1) is 27.9. The lowest BCUT2D eigenvalue weighted by Crippen LogP contribution is -2.41. The van der Waals surface area contributed by atoms with Crippen molar-refractivity contribution < 1.29 is 22.3 Å². The first-order valence-electron chi connectivity index (χ1n) is 10.4. The van der Waals surface area contributed by atoms with E-state index in [4.69, 9.17) is 9.47 Å². The number of sulfonamides is 1. The van der Waals surface area contributed by atoms with Gasteiger partial charge in [-0.15, -0.1) is 24.0 Å². The van der Waals surface area contributed by atoms with Crippen LogP contribution >= 0.6 is 24.0 Å². The van der Waals surface area contributed by atoms with E-state index >= 15 is 0 Å². The average Bonchev–Trinajstić information content (AvgIpc) is 2.74. The summed E-state index contributed by atoms with van der Waals surface area (Å²) in [4.78, 5) is 6.21. The molecule has 0 aromatic heterocycles. The van der Waals surface area contributed by atoms with E-state index in [2.05, 4.69) is 15.0 Å². The van der Waals surface area contributed by atoms with Crippen LogP contribution in [0.25, 0.3) is 0 Å². The summed E-state index contributed by atoms with van der Waals surface area (Å²) in [5.41, 5.74) is 0. The van der Waals surface area contributed by atoms with E-state index in [1.54, 1.807) is 18.2 Å². The number of hydrogen-bond acceptors (Lipinski definition) is 5. The quantitative estimate of drug-likeness (QED) is 0.240. The molecule has 1 fully saturated rings. The van der Waals surface area contributed by atoms with Gasteiger partial charge in [-0.3, -0.25) is 4.99 Å². The molecule has 11 heteroatoms. The molecule has 0 saturated carbocycles. The zero-order chi connectivity index (χ0) is 21.8. The van der Waals surface area contributed by atoms with E-state index in [9.17, 15) is 12.8 Å². The van der Waals surface area contributed by atoms with Gasteiger partial charge in [0.25, 0.3) is 0 Å². The topological polar surface area (TPSA) is 92.3 Å². The molecular weight excluding hydrogens is 538 g/mol. The van der Waals surface area contributed by atoms with E-state index in [0.717, 1.165) is 19.3 Å². The maximum absolute atomic E-state index is 13.6. The summed E-state index contributed by atoms with van der Waals surface area (Å²) in [5.74, 6) is 0.262. The molecule has 0 amide bonds. The third-order valence-corrected chi connectivity index (χ3v) is 5.97. The highest BCUT2D eigenvalue weighted by atomic mass is 127. The third kappa shape index (κ3) is 10.8. The molecule has 1 atom stereocenters. The Labute approximate surface area is 202 Å². The van der Waals surface area contributed by atoms with Gasteiger partial charge in [0.2, 0.25) is 10.0 Å². The summed E-state index contributed by atoms with van der Waals surface area (Å²) in [6.07, 6.45) is 2.93. The molecule has 31 heavy (non-hydrogen) atoms. The zero-order valence-electron chi connectivity index (χ0n) is 18.2. The van der Waals surface area contributed by atoms with Gasteiger partial charge in [-0.2, -0.15) is 0 Å². The van der Waals surface area contributed by atoms with Gasteiger partial charge in [0.1, 0.15) is 6.61 Å². The number of halogens is 2. The lowest BCUT2D eigenvalue weighted by atomic mass is 10.1. The zero-order valence-corrected chi connectivity index (χ0v) is 21.3. The number of nitrogens with zero attached hydrogens (tertiary/aromatic N) is 2. The Hall–Kier alpha value is -1.18. The van der Waals surface area contributed by atoms with Crippen LogP contribution in [0.4, 0.5) is 4.39 Å². The highest BCUT2D eigenvalue weighted by Gasteiger charge is 2.17. The highest BCUT2D eigenvalue weighted by molar-refractivity contribution is 14.0. The first-order chi connectivity index (χ1) is 14.4. The Morgan fingerprint density at radius 3 is 2.81 bits per heavy atom. The number of para-hydroxylation sites is 1. The smallest absolute Gasteiger partial charge is 0.213 e. The number of guanidine groups is 1. The average molecular weight is 572 g/mol. The second-order valence-corrected chi connectivity index (χ2v) is 9.02. The summed E-state index contributed by atoms with van der Waals surface area (Å²) < 4.78 is 51.7. The fourth-order valence-electron chi connectivity index (χ4n) is 2.96. The van der Waals surface area contributed by atoms with Crippen molar-refractivity contribution in [3.63, 3.8) is 0 Å². The van der Waals surface area contributed by atoms with Gasteiger partial charge in [-0.1, -0.05) is 12.1 Å². The SMILES string of the molecule is CCNC(=NCCS(=O)(=O)NCC1CCCCO1)N(C)CCOc1ccccc1F.I. The van der Waals surface area contributed by atoms with Crippen molar-refractivity contribution in [1.82, 2.24) is 14.9 Å². The normalized spacial score (nSPS) is 17.0. The molecule has 1 aromatic carbocycles. The van der Waals surface area contributed by atoms with Gasteiger partial charge in [-0.05, 0) is 38.3 Å². The van der Waals surface area contributed by atoms with Gasteiger partial charge in [0, 0.05) is 26.7 Å². The lowest BCUT2D eigenvalue weighted by Gasteiger charge is -2.23. The number of ether oxygens (including phenoxy) is 2. The second-order valence-electron chi connectivity index (χ2n) is 7.09. The Bertz CT molecular complexity index is 776. The molecule has 1 aromatic rings. The fourth-order valence-corrected chi connectivity index (χ4v) is 3.88. The Kier molecular flexibility index (Phi) is 13.3. The van der Waals surface area contributed by atoms with Crippen LogP contribution in [0.5, 0.6) is 5.75 Å². The fraction of sp³-hybridized carbons (Fsp3) is 0.650. The Balaban J connectivity index is 0.00000480. The van der Waals surface area contributed by atoms with E-state index in [0.29, 0.717) is 32.2 Å². The second kappa shape index (κ2) is 14.8. The summed E-state index contributed by atoms with van der Waals surface area (Å²) in [6.45, 7) is 4.42. The predicted molar refractivity (Wildman–Crippen MR) is 131 cm³/mol. The van der Waals surface area contributed by atoms with Crippen molar-refractivity contribution in [3.05, 3.63) is 30.1 Å². The number of benzene rings is 1. The van der Waals surface area contributed by atoms with E-state index in [1.165, 1.54) is 6.07 Å². The monoisotopic (exact) mass is 572 g/mol. The van der Waals surface area contributed by atoms with E-state index in [-0.39, 0.29) is 54.7 Å². The maximum Gasteiger partial charge on any atom is 0.213 e. The van der Waals surface area contributed by atoms with Gasteiger partial charge in [0.15, 0.2) is 17.5 Å². The minimum absolute atomic E-state index is 0. The van der Waals surface area contributed by atoms with Crippen LogP contribution < -0.4 is 14.8 Å². The lowest BCUT2D eigenvalue weighted by molar-refractivity contribution is 0.0200. The molecule has 1 unspecified atom stereocenters. The molecule has 1 heterocycles. The van der Waals surface area contributed by atoms with Gasteiger partial charge >= 0.3 is 0 Å². The van der Waals surface area contributed by atoms with Crippen LogP contribution in [0.1, 0.15) is 26.2 Å². The highest BCUT2D eigenvalue weighted by Crippen LogP contribution is 2.15. The van der Waals surface area contributed by atoms with Crippen LogP contribution in [0.15, 0.2) is 29.3 Å². The van der Waals surface area contributed by atoms with Crippen molar-refractivity contribution in [1.29, 1.82) is 0 Å². The molecule has 0 radical (unpaired) electrons. The molecular formula is C20H34FIN4O4S. The van der Waals surface area contributed by atoms with Crippen LogP contribution in [0, 0.1) is 5.82 Å². The summed E-state index contributed by atoms with van der Waals surface area (Å²) in [6, 6.07) is 6.24. The number of rotatable bonds is 11. The van der Waals surface area contributed by atoms with Crippen LogP contribution in [-0.2, 0) is 14.8 Å². The molecule has 0 aliphatic carbocycles.